The molecule has 0 atom stereocenters. The average molecular weight is 246 g/mol. The van der Waals surface area contributed by atoms with Gasteiger partial charge in [0.2, 0.25) is 0 Å². The molecular formula is C14H18N2O2. The molecule has 0 spiro atoms. The summed E-state index contributed by atoms with van der Waals surface area (Å²) in [6, 6.07) is 8.13. The number of para-hydroxylation sites is 1. The normalized spacial score (nSPS) is 10.8. The largest absolute Gasteiger partial charge is 0.447 e. The minimum atomic E-state index is -0.357. The van der Waals surface area contributed by atoms with Gasteiger partial charge >= 0.3 is 6.09 Å². The van der Waals surface area contributed by atoms with Crippen LogP contribution < -0.4 is 5.32 Å². The first-order valence-electron chi connectivity index (χ1n) is 6.16. The fourth-order valence-corrected chi connectivity index (χ4v) is 1.89. The van der Waals surface area contributed by atoms with Gasteiger partial charge in [-0.15, -0.1) is 0 Å². The van der Waals surface area contributed by atoms with E-state index in [0.717, 1.165) is 11.9 Å². The zero-order valence-corrected chi connectivity index (χ0v) is 10.7. The number of carbonyl (C=O) groups excluding carboxylic acids is 1. The van der Waals surface area contributed by atoms with Crippen LogP contribution in [0.2, 0.25) is 0 Å². The fourth-order valence-electron chi connectivity index (χ4n) is 1.89. The van der Waals surface area contributed by atoms with Crippen LogP contribution in [0.15, 0.2) is 30.5 Å². The molecule has 0 aliphatic carbocycles. The van der Waals surface area contributed by atoms with Gasteiger partial charge < -0.3 is 15.0 Å². The lowest BCUT2D eigenvalue weighted by Gasteiger charge is -2.08. The smallest absolute Gasteiger partial charge is 0.407 e. The van der Waals surface area contributed by atoms with Crippen LogP contribution in [0.25, 0.3) is 10.9 Å². The molecular weight excluding hydrogens is 228 g/mol. The molecule has 1 aromatic heterocycles. The van der Waals surface area contributed by atoms with Gasteiger partial charge in [-0.2, -0.15) is 0 Å². The average Bonchev–Trinajstić information content (AvgIpc) is 2.72. The van der Waals surface area contributed by atoms with Crippen molar-refractivity contribution in [2.75, 3.05) is 6.54 Å². The zero-order chi connectivity index (χ0) is 13.0. The molecule has 1 aromatic carbocycles. The lowest BCUT2D eigenvalue weighted by atomic mass is 10.1. The number of hydrogen-bond donors (Lipinski definition) is 2. The summed E-state index contributed by atoms with van der Waals surface area (Å²) in [7, 11) is 0. The summed E-state index contributed by atoms with van der Waals surface area (Å²) in [4.78, 5) is 14.5. The minimum absolute atomic E-state index is 0.0851. The maximum absolute atomic E-state index is 11.3. The molecule has 4 heteroatoms. The highest BCUT2D eigenvalue weighted by Gasteiger charge is 2.06. The van der Waals surface area contributed by atoms with E-state index in [1.807, 2.05) is 38.2 Å². The van der Waals surface area contributed by atoms with E-state index < -0.39 is 0 Å². The Morgan fingerprint density at radius 2 is 2.17 bits per heavy atom. The van der Waals surface area contributed by atoms with Crippen LogP contribution in [0.1, 0.15) is 19.4 Å². The SMILES string of the molecule is CC(C)OC(=O)NCCc1c[nH]c2ccccc12. The van der Waals surface area contributed by atoms with E-state index in [-0.39, 0.29) is 12.2 Å². The van der Waals surface area contributed by atoms with E-state index in [0.29, 0.717) is 6.54 Å². The van der Waals surface area contributed by atoms with Gasteiger partial charge in [0.05, 0.1) is 6.10 Å². The number of ether oxygens (including phenoxy) is 1. The van der Waals surface area contributed by atoms with Crippen molar-refractivity contribution in [3.63, 3.8) is 0 Å². The van der Waals surface area contributed by atoms with Crippen molar-refractivity contribution >= 4 is 17.0 Å². The Morgan fingerprint density at radius 3 is 2.94 bits per heavy atom. The number of carbonyl (C=O) groups is 1. The number of amides is 1. The number of nitrogens with one attached hydrogen (secondary N) is 2. The number of fused-ring (bicyclic) bond motifs is 1. The van der Waals surface area contributed by atoms with Crippen molar-refractivity contribution in [1.29, 1.82) is 0 Å². The predicted octanol–water partition coefficient (Wildman–Crippen LogP) is 2.85. The van der Waals surface area contributed by atoms with Gasteiger partial charge in [0, 0.05) is 23.6 Å². The van der Waals surface area contributed by atoms with Crippen molar-refractivity contribution in [2.45, 2.75) is 26.4 Å². The zero-order valence-electron chi connectivity index (χ0n) is 10.7. The molecule has 1 amide bonds. The Kier molecular flexibility index (Phi) is 3.87. The first kappa shape index (κ1) is 12.5. The number of hydrogen-bond acceptors (Lipinski definition) is 2. The second-order valence-corrected chi connectivity index (χ2v) is 4.49. The van der Waals surface area contributed by atoms with Crippen molar-refractivity contribution in [3.8, 4) is 0 Å². The summed E-state index contributed by atoms with van der Waals surface area (Å²) in [5.74, 6) is 0. The molecule has 2 N–H and O–H groups in total. The second kappa shape index (κ2) is 5.58. The van der Waals surface area contributed by atoms with Crippen LogP contribution in [0.5, 0.6) is 0 Å². The Morgan fingerprint density at radius 1 is 1.39 bits per heavy atom. The Bertz CT molecular complexity index is 531. The number of alkyl carbamates (subject to hydrolysis) is 1. The Labute approximate surface area is 106 Å². The van der Waals surface area contributed by atoms with Crippen LogP contribution in [-0.2, 0) is 11.2 Å². The highest BCUT2D eigenvalue weighted by molar-refractivity contribution is 5.83. The summed E-state index contributed by atoms with van der Waals surface area (Å²) in [6.07, 6.45) is 2.33. The number of rotatable bonds is 4. The third-order valence-electron chi connectivity index (χ3n) is 2.68. The summed E-state index contributed by atoms with van der Waals surface area (Å²) >= 11 is 0. The molecule has 0 bridgehead atoms. The lowest BCUT2D eigenvalue weighted by Crippen LogP contribution is -2.28. The molecule has 1 heterocycles. The second-order valence-electron chi connectivity index (χ2n) is 4.49. The predicted molar refractivity (Wildman–Crippen MR) is 71.6 cm³/mol. The molecule has 2 aromatic rings. The van der Waals surface area contributed by atoms with E-state index in [4.69, 9.17) is 4.74 Å². The lowest BCUT2D eigenvalue weighted by molar-refractivity contribution is 0.116. The van der Waals surface area contributed by atoms with E-state index in [1.54, 1.807) is 0 Å². The van der Waals surface area contributed by atoms with Gasteiger partial charge in [0.25, 0.3) is 0 Å². The van der Waals surface area contributed by atoms with E-state index in [2.05, 4.69) is 16.4 Å². The van der Waals surface area contributed by atoms with Gasteiger partial charge in [-0.1, -0.05) is 18.2 Å². The number of aromatic nitrogens is 1. The van der Waals surface area contributed by atoms with Crippen molar-refractivity contribution in [2.24, 2.45) is 0 Å². The van der Waals surface area contributed by atoms with Crippen molar-refractivity contribution < 1.29 is 9.53 Å². The number of H-pyrrole nitrogens is 1. The monoisotopic (exact) mass is 246 g/mol. The quantitative estimate of drug-likeness (QED) is 0.871. The van der Waals surface area contributed by atoms with Gasteiger partial charge in [-0.05, 0) is 31.9 Å². The van der Waals surface area contributed by atoms with Crippen molar-refractivity contribution in [3.05, 3.63) is 36.0 Å². The minimum Gasteiger partial charge on any atom is -0.447 e. The molecule has 0 aliphatic heterocycles. The molecule has 18 heavy (non-hydrogen) atoms. The summed E-state index contributed by atoms with van der Waals surface area (Å²) in [5.41, 5.74) is 2.33. The third kappa shape index (κ3) is 3.03. The Balaban J connectivity index is 1.89. The van der Waals surface area contributed by atoms with Crippen LogP contribution in [0.4, 0.5) is 4.79 Å². The summed E-state index contributed by atoms with van der Waals surface area (Å²) in [6.45, 7) is 4.24. The number of benzene rings is 1. The van der Waals surface area contributed by atoms with Crippen LogP contribution >= 0.6 is 0 Å². The molecule has 0 radical (unpaired) electrons. The molecule has 96 valence electrons. The van der Waals surface area contributed by atoms with E-state index in [9.17, 15) is 4.79 Å². The van der Waals surface area contributed by atoms with Crippen LogP contribution in [0.3, 0.4) is 0 Å². The molecule has 0 fully saturated rings. The van der Waals surface area contributed by atoms with Crippen LogP contribution in [-0.4, -0.2) is 23.7 Å². The Hall–Kier alpha value is -1.97. The molecule has 0 saturated carbocycles. The van der Waals surface area contributed by atoms with Gasteiger partial charge in [-0.3, -0.25) is 0 Å². The van der Waals surface area contributed by atoms with E-state index in [1.165, 1.54) is 10.9 Å². The maximum atomic E-state index is 11.3. The molecule has 2 rings (SSSR count). The maximum Gasteiger partial charge on any atom is 0.407 e. The summed E-state index contributed by atoms with van der Waals surface area (Å²) < 4.78 is 5.00. The highest BCUT2D eigenvalue weighted by Crippen LogP contribution is 2.17. The molecule has 0 aliphatic rings. The van der Waals surface area contributed by atoms with Gasteiger partial charge in [0.1, 0.15) is 0 Å². The van der Waals surface area contributed by atoms with Gasteiger partial charge in [0.15, 0.2) is 0 Å². The molecule has 4 nitrogen and oxygen atoms in total. The van der Waals surface area contributed by atoms with Crippen LogP contribution in [0, 0.1) is 0 Å². The molecule has 0 unspecified atom stereocenters. The van der Waals surface area contributed by atoms with E-state index >= 15 is 0 Å². The third-order valence-corrected chi connectivity index (χ3v) is 2.68. The standard InChI is InChI=1S/C14H18N2O2/c1-10(2)18-14(17)15-8-7-11-9-16-13-6-4-3-5-12(11)13/h3-6,9-10,16H,7-8H2,1-2H3,(H,15,17). The molecule has 0 saturated heterocycles. The van der Waals surface area contributed by atoms with Gasteiger partial charge in [-0.25, -0.2) is 4.79 Å². The summed E-state index contributed by atoms with van der Waals surface area (Å²) in [5, 5.41) is 3.95. The topological polar surface area (TPSA) is 54.1 Å². The number of aromatic amines is 1. The fraction of sp³-hybridized carbons (Fsp3) is 0.357. The highest BCUT2D eigenvalue weighted by atomic mass is 16.6. The first-order chi connectivity index (χ1) is 8.66. The first-order valence-corrected chi connectivity index (χ1v) is 6.16. The van der Waals surface area contributed by atoms with Crippen molar-refractivity contribution in [1.82, 2.24) is 10.3 Å².